The van der Waals surface area contributed by atoms with E-state index in [1.165, 1.54) is 6.07 Å². The molecule has 1 aromatic carbocycles. The van der Waals surface area contributed by atoms with Crippen LogP contribution in [0.15, 0.2) is 35.9 Å². The van der Waals surface area contributed by atoms with E-state index in [9.17, 15) is 13.0 Å². The van der Waals surface area contributed by atoms with E-state index >= 15 is 0 Å². The molecule has 0 heterocycles. The second-order valence-corrected chi connectivity index (χ2v) is 3.32. The Labute approximate surface area is 76.9 Å². The normalized spacial score (nSPS) is 12.2. The van der Waals surface area contributed by atoms with Gasteiger partial charge in [-0.25, -0.2) is 13.0 Å². The molecule has 0 aliphatic heterocycles. The third-order valence-electron chi connectivity index (χ3n) is 1.29. The van der Waals surface area contributed by atoms with Crippen LogP contribution in [0.5, 0.6) is 0 Å². The molecule has 1 N–H and O–H groups in total. The molecule has 70 valence electrons. The quantitative estimate of drug-likeness (QED) is 0.796. The highest BCUT2D eigenvalue weighted by molar-refractivity contribution is 7.83. The molecule has 0 aromatic heterocycles. The van der Waals surface area contributed by atoms with E-state index in [1.54, 1.807) is 0 Å². The van der Waals surface area contributed by atoms with Crippen molar-refractivity contribution < 1.29 is 13.0 Å². The average Bonchev–Trinajstić information content (AvgIpc) is 2.04. The Balaban J connectivity index is 3.12. The lowest BCUT2D eigenvalue weighted by molar-refractivity contribution is 0.533. The predicted octanol–water partition coefficient (Wildman–Crippen LogP) is 1.72. The Morgan fingerprint density at radius 3 is 2.38 bits per heavy atom. The second-order valence-electron chi connectivity index (χ2n) is 2.14. The lowest BCUT2D eigenvalue weighted by Gasteiger charge is -2.03. The van der Waals surface area contributed by atoms with Gasteiger partial charge in [0.2, 0.25) is 0 Å². The topological polar surface area (TPSA) is 29.1 Å². The van der Waals surface area contributed by atoms with Crippen LogP contribution in [-0.2, 0) is 11.0 Å². The first-order chi connectivity index (χ1) is 6.16. The summed E-state index contributed by atoms with van der Waals surface area (Å²) in [6, 6.07) is 3.29. The van der Waals surface area contributed by atoms with Crippen LogP contribution in [0, 0.1) is 11.6 Å². The summed E-state index contributed by atoms with van der Waals surface area (Å²) in [4.78, 5) is -0.484. The van der Waals surface area contributed by atoms with Crippen molar-refractivity contribution in [2.75, 3.05) is 0 Å². The molecule has 0 fully saturated rings. The molecule has 0 radical (unpaired) electrons. The highest BCUT2D eigenvalue weighted by atomic mass is 32.2. The molecule has 5 heteroatoms. The van der Waals surface area contributed by atoms with E-state index in [2.05, 4.69) is 11.3 Å². The van der Waals surface area contributed by atoms with E-state index in [0.29, 0.717) is 0 Å². The third-order valence-corrected chi connectivity index (χ3v) is 2.44. The SMILES string of the molecule is C=CNS(=O)c1c(F)cccc1F. The van der Waals surface area contributed by atoms with Gasteiger partial charge in [0.1, 0.15) is 16.5 Å². The van der Waals surface area contributed by atoms with Crippen LogP contribution in [0.25, 0.3) is 0 Å². The van der Waals surface area contributed by atoms with Gasteiger partial charge in [-0.15, -0.1) is 0 Å². The standard InChI is InChI=1S/C8H7F2NOS/c1-2-11-13(12)8-6(9)4-3-5-7(8)10/h2-5,11H,1H2. The fourth-order valence-electron chi connectivity index (χ4n) is 0.794. The summed E-state index contributed by atoms with van der Waals surface area (Å²) in [5.74, 6) is -1.68. The lowest BCUT2D eigenvalue weighted by Crippen LogP contribution is -2.12. The first kappa shape index (κ1) is 9.85. The number of nitrogens with one attached hydrogen (secondary N) is 1. The van der Waals surface area contributed by atoms with Gasteiger partial charge in [-0.05, 0) is 12.1 Å². The summed E-state index contributed by atoms with van der Waals surface area (Å²) in [6.45, 7) is 3.24. The highest BCUT2D eigenvalue weighted by Gasteiger charge is 2.13. The van der Waals surface area contributed by atoms with E-state index in [0.717, 1.165) is 18.3 Å². The summed E-state index contributed by atoms with van der Waals surface area (Å²) in [6.07, 6.45) is 1.11. The fraction of sp³-hybridized carbons (Fsp3) is 0. The maximum absolute atomic E-state index is 12.9. The van der Waals surface area contributed by atoms with Crippen molar-refractivity contribution in [3.05, 3.63) is 42.6 Å². The summed E-state index contributed by atoms with van der Waals surface area (Å²) < 4.78 is 39.2. The maximum Gasteiger partial charge on any atom is 0.155 e. The second kappa shape index (κ2) is 4.13. The Bertz CT molecular complexity index is 334. The van der Waals surface area contributed by atoms with Crippen molar-refractivity contribution >= 4 is 11.0 Å². The minimum absolute atomic E-state index is 0.484. The zero-order valence-electron chi connectivity index (χ0n) is 6.59. The molecule has 1 atom stereocenters. The Morgan fingerprint density at radius 2 is 1.92 bits per heavy atom. The van der Waals surface area contributed by atoms with E-state index in [-0.39, 0.29) is 0 Å². The van der Waals surface area contributed by atoms with Crippen LogP contribution in [0.3, 0.4) is 0 Å². The fourth-order valence-corrected chi connectivity index (χ4v) is 1.55. The number of benzene rings is 1. The van der Waals surface area contributed by atoms with Crippen molar-refractivity contribution in [2.45, 2.75) is 4.90 Å². The highest BCUT2D eigenvalue weighted by Crippen LogP contribution is 2.14. The van der Waals surface area contributed by atoms with E-state index in [4.69, 9.17) is 0 Å². The first-order valence-electron chi connectivity index (χ1n) is 3.39. The Hall–Kier alpha value is -1.23. The molecule has 0 spiro atoms. The van der Waals surface area contributed by atoms with E-state index < -0.39 is 27.5 Å². The molecule has 1 rings (SSSR count). The van der Waals surface area contributed by atoms with Crippen molar-refractivity contribution in [3.63, 3.8) is 0 Å². The maximum atomic E-state index is 12.9. The van der Waals surface area contributed by atoms with Crippen molar-refractivity contribution in [1.82, 2.24) is 4.72 Å². The summed E-state index contributed by atoms with van der Waals surface area (Å²) in [7, 11) is -1.92. The average molecular weight is 203 g/mol. The molecular formula is C8H7F2NOS. The summed E-state index contributed by atoms with van der Waals surface area (Å²) in [5, 5.41) is 0. The van der Waals surface area contributed by atoms with Gasteiger partial charge < -0.3 is 4.72 Å². The van der Waals surface area contributed by atoms with Crippen LogP contribution in [0.2, 0.25) is 0 Å². The first-order valence-corrected chi connectivity index (χ1v) is 4.54. The van der Waals surface area contributed by atoms with Crippen molar-refractivity contribution in [2.24, 2.45) is 0 Å². The monoisotopic (exact) mass is 203 g/mol. The zero-order chi connectivity index (χ0) is 9.84. The van der Waals surface area contributed by atoms with E-state index in [1.807, 2.05) is 0 Å². The van der Waals surface area contributed by atoms with Gasteiger partial charge in [0, 0.05) is 6.20 Å². The lowest BCUT2D eigenvalue weighted by atomic mass is 10.3. The molecule has 13 heavy (non-hydrogen) atoms. The van der Waals surface area contributed by atoms with Crippen LogP contribution < -0.4 is 4.72 Å². The van der Waals surface area contributed by atoms with Gasteiger partial charge in [0.25, 0.3) is 0 Å². The largest absolute Gasteiger partial charge is 0.308 e. The van der Waals surface area contributed by atoms with Gasteiger partial charge in [0.15, 0.2) is 11.0 Å². The molecule has 1 unspecified atom stereocenters. The Kier molecular flexibility index (Phi) is 3.13. The van der Waals surface area contributed by atoms with Gasteiger partial charge in [-0.2, -0.15) is 0 Å². The third kappa shape index (κ3) is 2.12. The van der Waals surface area contributed by atoms with Crippen LogP contribution in [0.4, 0.5) is 8.78 Å². The zero-order valence-corrected chi connectivity index (χ0v) is 7.41. The molecule has 0 bridgehead atoms. The molecule has 0 amide bonds. The molecule has 0 aliphatic carbocycles. The minimum Gasteiger partial charge on any atom is -0.308 e. The smallest absolute Gasteiger partial charge is 0.155 e. The number of rotatable bonds is 3. The van der Waals surface area contributed by atoms with Crippen molar-refractivity contribution in [3.8, 4) is 0 Å². The Morgan fingerprint density at radius 1 is 1.38 bits per heavy atom. The number of hydrogen-bond donors (Lipinski definition) is 1. The molecule has 1 aromatic rings. The number of hydrogen-bond acceptors (Lipinski definition) is 1. The van der Waals surface area contributed by atoms with Gasteiger partial charge >= 0.3 is 0 Å². The van der Waals surface area contributed by atoms with Crippen LogP contribution >= 0.6 is 0 Å². The molecule has 0 aliphatic rings. The molecule has 2 nitrogen and oxygen atoms in total. The molecule has 0 saturated heterocycles. The predicted molar refractivity (Wildman–Crippen MR) is 46.1 cm³/mol. The van der Waals surface area contributed by atoms with Gasteiger partial charge in [0.05, 0.1) is 0 Å². The van der Waals surface area contributed by atoms with Gasteiger partial charge in [-0.3, -0.25) is 0 Å². The summed E-state index contributed by atoms with van der Waals surface area (Å²) >= 11 is 0. The minimum atomic E-state index is -1.92. The molecular weight excluding hydrogens is 196 g/mol. The number of halogens is 2. The summed E-state index contributed by atoms with van der Waals surface area (Å²) in [5.41, 5.74) is 0. The van der Waals surface area contributed by atoms with Crippen LogP contribution in [-0.4, -0.2) is 4.21 Å². The van der Waals surface area contributed by atoms with Crippen molar-refractivity contribution in [1.29, 1.82) is 0 Å². The van der Waals surface area contributed by atoms with Gasteiger partial charge in [-0.1, -0.05) is 12.6 Å². The van der Waals surface area contributed by atoms with Crippen LogP contribution in [0.1, 0.15) is 0 Å². The molecule has 0 saturated carbocycles.